The van der Waals surface area contributed by atoms with E-state index >= 15 is 0 Å². The van der Waals surface area contributed by atoms with E-state index in [0.29, 0.717) is 43.4 Å². The second-order valence-corrected chi connectivity index (χ2v) is 12.4. The topological polar surface area (TPSA) is 107 Å². The molecule has 6 rings (SSSR count). The summed E-state index contributed by atoms with van der Waals surface area (Å²) in [6.07, 6.45) is 0. The lowest BCUT2D eigenvalue weighted by Crippen LogP contribution is -2.33. The normalized spacial score (nSPS) is 19.2. The van der Waals surface area contributed by atoms with Gasteiger partial charge in [-0.15, -0.1) is 0 Å². The Morgan fingerprint density at radius 3 is 2.33 bits per heavy atom. The summed E-state index contributed by atoms with van der Waals surface area (Å²) in [5, 5.41) is 2.70. The average molecular weight is 640 g/mol. The first kappa shape index (κ1) is 29.0. The number of halogens is 2. The summed E-state index contributed by atoms with van der Waals surface area (Å²) in [5.74, 6) is -2.41. The molecule has 0 spiro atoms. The summed E-state index contributed by atoms with van der Waals surface area (Å²) in [6, 6.07) is 16.9. The molecular formula is C30H23ClFN3O6S2. The second-order valence-electron chi connectivity index (χ2n) is 9.82. The molecule has 13 heteroatoms. The van der Waals surface area contributed by atoms with Crippen molar-refractivity contribution < 1.29 is 28.2 Å². The van der Waals surface area contributed by atoms with Gasteiger partial charge in [0.05, 0.1) is 30.9 Å². The number of fused-ring (bicyclic) bond motifs is 2. The summed E-state index contributed by atoms with van der Waals surface area (Å²) < 4.78 is 25.5. The van der Waals surface area contributed by atoms with Gasteiger partial charge in [0.1, 0.15) is 17.6 Å². The number of nitrogens with zero attached hydrogens (tertiary/aromatic N) is 2. The van der Waals surface area contributed by atoms with Gasteiger partial charge in [-0.3, -0.25) is 23.7 Å². The third-order valence-electron chi connectivity index (χ3n) is 7.33. The molecule has 0 saturated carbocycles. The highest BCUT2D eigenvalue weighted by molar-refractivity contribution is 8.00. The van der Waals surface area contributed by atoms with Crippen molar-refractivity contribution in [3.05, 3.63) is 97.7 Å². The molecule has 3 amide bonds. The van der Waals surface area contributed by atoms with Crippen LogP contribution in [0.1, 0.15) is 16.4 Å². The summed E-state index contributed by atoms with van der Waals surface area (Å²) in [4.78, 5) is 55.5. The van der Waals surface area contributed by atoms with Crippen molar-refractivity contribution in [3.63, 3.8) is 0 Å². The van der Waals surface area contributed by atoms with Crippen LogP contribution in [0.25, 0.3) is 0 Å². The van der Waals surface area contributed by atoms with Crippen LogP contribution in [-0.2, 0) is 20.9 Å². The van der Waals surface area contributed by atoms with Gasteiger partial charge >= 0.3 is 4.87 Å². The van der Waals surface area contributed by atoms with Crippen LogP contribution < -0.4 is 24.6 Å². The van der Waals surface area contributed by atoms with Crippen LogP contribution in [0.4, 0.5) is 15.8 Å². The first-order valence-electron chi connectivity index (χ1n) is 13.0. The fraction of sp³-hybridized carbons (Fsp3) is 0.200. The highest BCUT2D eigenvalue weighted by Crippen LogP contribution is 2.54. The van der Waals surface area contributed by atoms with Gasteiger partial charge in [-0.2, -0.15) is 0 Å². The quantitative estimate of drug-likeness (QED) is 0.279. The number of benzene rings is 3. The first-order valence-corrected chi connectivity index (χ1v) is 15.1. The zero-order chi connectivity index (χ0) is 30.4. The summed E-state index contributed by atoms with van der Waals surface area (Å²) >= 11 is 8.09. The lowest BCUT2D eigenvalue weighted by molar-refractivity contribution is -0.122. The van der Waals surface area contributed by atoms with Gasteiger partial charge in [0.2, 0.25) is 17.7 Å². The predicted molar refractivity (Wildman–Crippen MR) is 162 cm³/mol. The highest BCUT2D eigenvalue weighted by atomic mass is 35.5. The van der Waals surface area contributed by atoms with Crippen LogP contribution in [0.5, 0.6) is 11.5 Å². The third kappa shape index (κ3) is 5.19. The average Bonchev–Trinajstić information content (AvgIpc) is 3.44. The molecule has 1 aromatic heterocycles. The zero-order valence-electron chi connectivity index (χ0n) is 22.7. The maximum atomic E-state index is 14.0. The van der Waals surface area contributed by atoms with Crippen molar-refractivity contribution in [2.75, 3.05) is 24.4 Å². The maximum absolute atomic E-state index is 14.0. The molecule has 3 aromatic carbocycles. The number of imide groups is 1. The number of rotatable bonds is 7. The van der Waals surface area contributed by atoms with E-state index in [0.717, 1.165) is 28.0 Å². The molecule has 0 radical (unpaired) electrons. The molecule has 1 fully saturated rings. The Morgan fingerprint density at radius 1 is 0.953 bits per heavy atom. The van der Waals surface area contributed by atoms with Gasteiger partial charge in [-0.05, 0) is 66.2 Å². The minimum Gasteiger partial charge on any atom is -0.493 e. The molecule has 0 bridgehead atoms. The van der Waals surface area contributed by atoms with Gasteiger partial charge in [0.25, 0.3) is 0 Å². The number of thioether (sulfide) groups is 1. The zero-order valence-corrected chi connectivity index (χ0v) is 25.1. The van der Waals surface area contributed by atoms with Crippen LogP contribution in [0, 0.1) is 11.7 Å². The molecule has 2 aliphatic heterocycles. The van der Waals surface area contributed by atoms with Crippen LogP contribution in [0.3, 0.4) is 0 Å². The van der Waals surface area contributed by atoms with E-state index in [-0.39, 0.29) is 6.54 Å². The predicted octanol–water partition coefficient (Wildman–Crippen LogP) is 5.15. The standard InChI is InChI=1S/C30H23ClFN3O6S2/c1-40-20-12-3-15(13-21(20)41-2)23-24-25(28(38)35(27(24)37)19-10-4-16(31)5-11-19)42-29-26(23)43-30(39)34(29)14-22(36)33-18-8-6-17(32)7-9-18/h3-13,23-25H,14H2,1-2H3,(H,33,36). The Bertz CT molecular complexity index is 1810. The number of hydrogen-bond donors (Lipinski definition) is 1. The monoisotopic (exact) mass is 639 g/mol. The van der Waals surface area contributed by atoms with Crippen LogP contribution in [0.15, 0.2) is 76.6 Å². The number of anilines is 2. The fourth-order valence-electron chi connectivity index (χ4n) is 5.38. The van der Waals surface area contributed by atoms with Gasteiger partial charge in [0.15, 0.2) is 11.5 Å². The van der Waals surface area contributed by atoms with Crippen molar-refractivity contribution >= 4 is 63.8 Å². The first-order chi connectivity index (χ1) is 20.7. The Morgan fingerprint density at radius 2 is 1.65 bits per heavy atom. The number of carbonyl (C=O) groups excluding carboxylic acids is 3. The number of methoxy groups -OCH3 is 2. The molecule has 9 nitrogen and oxygen atoms in total. The molecule has 1 N–H and O–H groups in total. The molecular weight excluding hydrogens is 617 g/mol. The largest absolute Gasteiger partial charge is 0.493 e. The summed E-state index contributed by atoms with van der Waals surface area (Å²) in [7, 11) is 3.00. The Labute approximate surface area is 258 Å². The van der Waals surface area contributed by atoms with Crippen molar-refractivity contribution in [2.45, 2.75) is 22.7 Å². The second kappa shape index (κ2) is 11.5. The maximum Gasteiger partial charge on any atom is 0.308 e. The van der Waals surface area contributed by atoms with E-state index in [1.165, 1.54) is 43.1 Å². The van der Waals surface area contributed by atoms with E-state index < -0.39 is 45.5 Å². The lowest BCUT2D eigenvalue weighted by Gasteiger charge is -2.31. The van der Waals surface area contributed by atoms with E-state index in [1.54, 1.807) is 42.5 Å². The lowest BCUT2D eigenvalue weighted by atomic mass is 9.83. The molecule has 3 unspecified atom stereocenters. The van der Waals surface area contributed by atoms with Crippen molar-refractivity contribution in [1.82, 2.24) is 4.57 Å². The smallest absolute Gasteiger partial charge is 0.308 e. The molecule has 220 valence electrons. The number of hydrogen-bond acceptors (Lipinski definition) is 8. The minimum atomic E-state index is -0.866. The number of aromatic nitrogens is 1. The molecule has 3 heterocycles. The number of nitrogens with one attached hydrogen (secondary N) is 1. The number of carbonyl (C=O) groups is 3. The molecule has 3 atom stereocenters. The van der Waals surface area contributed by atoms with Crippen LogP contribution >= 0.6 is 34.7 Å². The molecule has 43 heavy (non-hydrogen) atoms. The Balaban J connectivity index is 1.43. The van der Waals surface area contributed by atoms with Gasteiger partial charge in [-0.1, -0.05) is 40.8 Å². The van der Waals surface area contributed by atoms with Crippen molar-refractivity contribution in [1.29, 1.82) is 0 Å². The van der Waals surface area contributed by atoms with Gasteiger partial charge in [-0.25, -0.2) is 9.29 Å². The summed E-state index contributed by atoms with van der Waals surface area (Å²) in [5.41, 5.74) is 1.41. The number of thiazole rings is 1. The van der Waals surface area contributed by atoms with E-state index in [1.807, 2.05) is 0 Å². The van der Waals surface area contributed by atoms with Crippen LogP contribution in [0.2, 0.25) is 5.02 Å². The van der Waals surface area contributed by atoms with E-state index in [4.69, 9.17) is 21.1 Å². The van der Waals surface area contributed by atoms with E-state index in [2.05, 4.69) is 5.32 Å². The molecule has 4 aromatic rings. The Kier molecular flexibility index (Phi) is 7.75. The SMILES string of the molecule is COc1ccc(C2c3sc(=O)n(CC(=O)Nc4ccc(F)cc4)c3SC3C(=O)N(c4ccc(Cl)cc4)C(=O)C32)cc1OC. The van der Waals surface area contributed by atoms with Gasteiger partial charge in [0, 0.05) is 21.5 Å². The number of ether oxygens (including phenoxy) is 2. The minimum absolute atomic E-state index is 0.339. The van der Waals surface area contributed by atoms with E-state index in [9.17, 15) is 23.6 Å². The number of amides is 3. The highest BCUT2D eigenvalue weighted by Gasteiger charge is 2.57. The fourth-order valence-corrected chi connectivity index (χ4v) is 8.28. The van der Waals surface area contributed by atoms with Crippen LogP contribution in [-0.4, -0.2) is 41.8 Å². The van der Waals surface area contributed by atoms with Crippen molar-refractivity contribution in [2.24, 2.45) is 5.92 Å². The molecule has 1 saturated heterocycles. The molecule has 0 aliphatic carbocycles. The van der Waals surface area contributed by atoms with Gasteiger partial charge < -0.3 is 14.8 Å². The summed E-state index contributed by atoms with van der Waals surface area (Å²) in [6.45, 7) is -0.339. The van der Waals surface area contributed by atoms with Crippen molar-refractivity contribution in [3.8, 4) is 11.5 Å². The third-order valence-corrected chi connectivity index (χ3v) is 10.2. The molecule has 2 aliphatic rings. The Hall–Kier alpha value is -4.13.